The lowest BCUT2D eigenvalue weighted by Crippen LogP contribution is -2.31. The Labute approximate surface area is 107 Å². The minimum Gasteiger partial charge on any atom is -0.389 e. The Bertz CT molecular complexity index is 380. The highest BCUT2D eigenvalue weighted by Gasteiger charge is 2.34. The summed E-state index contributed by atoms with van der Waals surface area (Å²) in [4.78, 5) is 9.99. The van der Waals surface area contributed by atoms with E-state index in [2.05, 4.69) is 16.8 Å². The van der Waals surface area contributed by atoms with Crippen LogP contribution in [0.3, 0.4) is 0 Å². The van der Waals surface area contributed by atoms with Gasteiger partial charge >= 0.3 is 0 Å². The SMILES string of the molecule is CC[C@]1(O)CCN(Cc2cnc(N(C)C)s2)C1. The Hall–Kier alpha value is -0.650. The van der Waals surface area contributed by atoms with Crippen molar-refractivity contribution in [1.29, 1.82) is 0 Å². The van der Waals surface area contributed by atoms with Crippen LogP contribution >= 0.6 is 11.3 Å². The summed E-state index contributed by atoms with van der Waals surface area (Å²) in [5, 5.41) is 11.2. The molecule has 1 aliphatic rings. The predicted octanol–water partition coefficient (Wildman–Crippen LogP) is 1.56. The van der Waals surface area contributed by atoms with Crippen molar-refractivity contribution in [3.05, 3.63) is 11.1 Å². The smallest absolute Gasteiger partial charge is 0.185 e. The molecule has 0 aromatic carbocycles. The summed E-state index contributed by atoms with van der Waals surface area (Å²) in [6.45, 7) is 4.74. The molecule has 96 valence electrons. The summed E-state index contributed by atoms with van der Waals surface area (Å²) in [6, 6.07) is 0. The molecule has 0 unspecified atom stereocenters. The fraction of sp³-hybridized carbons (Fsp3) is 0.750. The zero-order valence-electron chi connectivity index (χ0n) is 10.8. The highest BCUT2D eigenvalue weighted by molar-refractivity contribution is 7.15. The van der Waals surface area contributed by atoms with Gasteiger partial charge in [0.15, 0.2) is 5.13 Å². The number of hydrogen-bond donors (Lipinski definition) is 1. The van der Waals surface area contributed by atoms with Crippen LogP contribution in [0, 0.1) is 0 Å². The average molecular weight is 255 g/mol. The van der Waals surface area contributed by atoms with E-state index in [0.717, 1.165) is 37.6 Å². The number of rotatable bonds is 4. The molecular formula is C12H21N3OS. The van der Waals surface area contributed by atoms with Gasteiger partial charge in [0.25, 0.3) is 0 Å². The summed E-state index contributed by atoms with van der Waals surface area (Å²) in [5.41, 5.74) is -0.463. The molecule has 4 nitrogen and oxygen atoms in total. The first kappa shape index (κ1) is 12.8. The summed E-state index contributed by atoms with van der Waals surface area (Å²) in [6.07, 6.45) is 3.68. The summed E-state index contributed by atoms with van der Waals surface area (Å²) in [7, 11) is 4.02. The lowest BCUT2D eigenvalue weighted by atomic mass is 10.0. The van der Waals surface area contributed by atoms with E-state index in [9.17, 15) is 5.11 Å². The lowest BCUT2D eigenvalue weighted by molar-refractivity contribution is 0.0448. The largest absolute Gasteiger partial charge is 0.389 e. The molecule has 0 bridgehead atoms. The van der Waals surface area contributed by atoms with Crippen molar-refractivity contribution in [2.75, 3.05) is 32.1 Å². The highest BCUT2D eigenvalue weighted by atomic mass is 32.1. The van der Waals surface area contributed by atoms with E-state index in [-0.39, 0.29) is 0 Å². The maximum atomic E-state index is 10.2. The molecule has 1 aromatic rings. The minimum atomic E-state index is -0.463. The van der Waals surface area contributed by atoms with Crippen LogP contribution in [-0.4, -0.2) is 47.8 Å². The molecule has 5 heteroatoms. The van der Waals surface area contributed by atoms with Gasteiger partial charge in [-0.25, -0.2) is 4.98 Å². The van der Waals surface area contributed by atoms with Crippen molar-refractivity contribution in [1.82, 2.24) is 9.88 Å². The predicted molar refractivity (Wildman–Crippen MR) is 71.6 cm³/mol. The molecule has 1 saturated heterocycles. The number of anilines is 1. The van der Waals surface area contributed by atoms with Gasteiger partial charge in [-0.3, -0.25) is 4.90 Å². The number of β-amino-alcohol motifs (C(OH)–C–C–N with tert-alkyl or cyclic N) is 1. The Morgan fingerprint density at radius 1 is 1.59 bits per heavy atom. The molecule has 1 aromatic heterocycles. The average Bonchev–Trinajstić information content (AvgIpc) is 2.87. The van der Waals surface area contributed by atoms with Crippen LogP contribution in [0.4, 0.5) is 5.13 Å². The van der Waals surface area contributed by atoms with Gasteiger partial charge in [-0.2, -0.15) is 0 Å². The third-order valence-corrected chi connectivity index (χ3v) is 4.52. The molecule has 2 heterocycles. The van der Waals surface area contributed by atoms with Crippen molar-refractivity contribution < 1.29 is 5.11 Å². The molecule has 0 saturated carbocycles. The summed E-state index contributed by atoms with van der Waals surface area (Å²) < 4.78 is 0. The third-order valence-electron chi connectivity index (χ3n) is 3.37. The van der Waals surface area contributed by atoms with Crippen molar-refractivity contribution in [2.45, 2.75) is 31.9 Å². The van der Waals surface area contributed by atoms with Crippen LogP contribution < -0.4 is 4.90 Å². The Kier molecular flexibility index (Phi) is 3.70. The van der Waals surface area contributed by atoms with Gasteiger partial charge in [0.1, 0.15) is 0 Å². The van der Waals surface area contributed by atoms with E-state index in [4.69, 9.17) is 0 Å². The molecule has 1 atom stereocenters. The molecule has 2 rings (SSSR count). The molecule has 17 heavy (non-hydrogen) atoms. The fourth-order valence-corrected chi connectivity index (χ4v) is 3.04. The summed E-state index contributed by atoms with van der Waals surface area (Å²) in [5.74, 6) is 0. The number of aliphatic hydroxyl groups is 1. The standard InChI is InChI=1S/C12H21N3OS/c1-4-12(16)5-6-15(9-12)8-10-7-13-11(17-10)14(2)3/h7,16H,4-6,8-9H2,1-3H3/t12-/m0/s1. The van der Waals surface area contributed by atoms with Crippen LogP contribution in [0.15, 0.2) is 6.20 Å². The first-order valence-corrected chi connectivity index (χ1v) is 6.91. The number of likely N-dealkylation sites (tertiary alicyclic amines) is 1. The molecular weight excluding hydrogens is 234 g/mol. The maximum Gasteiger partial charge on any atom is 0.185 e. The first-order chi connectivity index (χ1) is 8.02. The minimum absolute atomic E-state index is 0.463. The Morgan fingerprint density at radius 3 is 2.88 bits per heavy atom. The highest BCUT2D eigenvalue weighted by Crippen LogP contribution is 2.28. The van der Waals surface area contributed by atoms with Crippen molar-refractivity contribution in [3.8, 4) is 0 Å². The van der Waals surface area contributed by atoms with Gasteiger partial charge in [0.05, 0.1) is 5.60 Å². The third kappa shape index (κ3) is 2.97. The summed E-state index contributed by atoms with van der Waals surface area (Å²) >= 11 is 1.73. The first-order valence-electron chi connectivity index (χ1n) is 6.09. The van der Waals surface area contributed by atoms with Crippen LogP contribution in [0.1, 0.15) is 24.6 Å². The molecule has 1 N–H and O–H groups in total. The lowest BCUT2D eigenvalue weighted by Gasteiger charge is -2.21. The fourth-order valence-electron chi connectivity index (χ4n) is 2.16. The zero-order valence-corrected chi connectivity index (χ0v) is 11.6. The van der Waals surface area contributed by atoms with Crippen LogP contribution in [0.25, 0.3) is 0 Å². The van der Waals surface area contributed by atoms with Crippen LogP contribution in [-0.2, 0) is 6.54 Å². The zero-order chi connectivity index (χ0) is 12.5. The maximum absolute atomic E-state index is 10.2. The van der Waals surface area contributed by atoms with E-state index in [1.165, 1.54) is 4.88 Å². The van der Waals surface area contributed by atoms with E-state index in [0.29, 0.717) is 0 Å². The number of aromatic nitrogens is 1. The molecule has 0 radical (unpaired) electrons. The topological polar surface area (TPSA) is 39.6 Å². The van der Waals surface area contributed by atoms with Gasteiger partial charge in [-0.05, 0) is 12.8 Å². The van der Waals surface area contributed by atoms with Gasteiger partial charge in [-0.15, -0.1) is 11.3 Å². The van der Waals surface area contributed by atoms with E-state index < -0.39 is 5.60 Å². The van der Waals surface area contributed by atoms with Gasteiger partial charge in [-0.1, -0.05) is 6.92 Å². The van der Waals surface area contributed by atoms with Crippen molar-refractivity contribution >= 4 is 16.5 Å². The van der Waals surface area contributed by atoms with Crippen LogP contribution in [0.2, 0.25) is 0 Å². The number of nitrogens with zero attached hydrogens (tertiary/aromatic N) is 3. The van der Waals surface area contributed by atoms with Gasteiger partial charge in [0.2, 0.25) is 0 Å². The quantitative estimate of drug-likeness (QED) is 0.886. The Morgan fingerprint density at radius 2 is 2.35 bits per heavy atom. The second kappa shape index (κ2) is 4.92. The van der Waals surface area contributed by atoms with E-state index in [1.807, 2.05) is 25.2 Å². The molecule has 0 spiro atoms. The Balaban J connectivity index is 1.93. The second-order valence-electron chi connectivity index (χ2n) is 5.04. The normalized spacial score (nSPS) is 25.4. The number of hydrogen-bond acceptors (Lipinski definition) is 5. The molecule has 1 fully saturated rings. The van der Waals surface area contributed by atoms with Gasteiger partial charge in [0, 0.05) is 44.8 Å². The number of thiazole rings is 1. The molecule has 0 amide bonds. The van der Waals surface area contributed by atoms with Crippen molar-refractivity contribution in [3.63, 3.8) is 0 Å². The van der Waals surface area contributed by atoms with Crippen molar-refractivity contribution in [2.24, 2.45) is 0 Å². The van der Waals surface area contributed by atoms with Crippen LogP contribution in [0.5, 0.6) is 0 Å². The van der Waals surface area contributed by atoms with E-state index in [1.54, 1.807) is 11.3 Å². The van der Waals surface area contributed by atoms with Gasteiger partial charge < -0.3 is 10.0 Å². The molecule has 0 aliphatic carbocycles. The molecule has 1 aliphatic heterocycles. The second-order valence-corrected chi connectivity index (χ2v) is 6.14. The van der Waals surface area contributed by atoms with E-state index >= 15 is 0 Å². The monoisotopic (exact) mass is 255 g/mol.